The Balaban J connectivity index is 1.43. The highest BCUT2D eigenvalue weighted by Gasteiger charge is 2.03. The maximum absolute atomic E-state index is 3.55. The van der Waals surface area contributed by atoms with E-state index in [1.807, 2.05) is 6.07 Å². The summed E-state index contributed by atoms with van der Waals surface area (Å²) in [5.74, 6) is 0. The maximum Gasteiger partial charge on any atom is 0.0390 e. The minimum Gasteiger partial charge on any atom is -0.355 e. The molecule has 0 amide bonds. The molecule has 1 N–H and O–H groups in total. The van der Waals surface area contributed by atoms with E-state index in [0.29, 0.717) is 0 Å². The van der Waals surface area contributed by atoms with E-state index in [1.54, 1.807) is 0 Å². The molecule has 0 aliphatic heterocycles. The van der Waals surface area contributed by atoms with Crippen molar-refractivity contribution in [3.05, 3.63) is 121 Å². The minimum atomic E-state index is 1.09. The molecule has 0 atom stereocenters. The van der Waals surface area contributed by atoms with Gasteiger partial charge in [-0.1, -0.05) is 91.0 Å². The molecule has 5 rings (SSSR count). The summed E-state index contributed by atoms with van der Waals surface area (Å²) in [5.41, 5.74) is 7.11. The molecule has 5 aromatic rings. The van der Waals surface area contributed by atoms with Crippen LogP contribution < -0.4 is 5.32 Å². The Labute approximate surface area is 171 Å². The van der Waals surface area contributed by atoms with Gasteiger partial charge in [-0.05, 0) is 63.4 Å². The molecule has 1 heteroatoms. The van der Waals surface area contributed by atoms with Crippen LogP contribution in [0.3, 0.4) is 0 Å². The molecular weight excluding hydrogens is 350 g/mol. The third-order valence-corrected chi connectivity index (χ3v) is 5.21. The second-order valence-electron chi connectivity index (χ2n) is 7.21. The van der Waals surface area contributed by atoms with Gasteiger partial charge < -0.3 is 5.32 Å². The van der Waals surface area contributed by atoms with Crippen LogP contribution in [0.4, 0.5) is 11.4 Å². The Bertz CT molecular complexity index is 1260. The van der Waals surface area contributed by atoms with E-state index in [2.05, 4.69) is 121 Å². The van der Waals surface area contributed by atoms with Gasteiger partial charge in [-0.25, -0.2) is 0 Å². The molecule has 1 nitrogen and oxygen atoms in total. The molecule has 138 valence electrons. The first kappa shape index (κ1) is 17.3. The molecule has 5 aromatic carbocycles. The predicted octanol–water partition coefficient (Wildman–Crippen LogP) is 7.92. The molecule has 0 saturated carbocycles. The topological polar surface area (TPSA) is 12.0 Å². The molecule has 0 aromatic heterocycles. The number of hydrogen-bond donors (Lipinski definition) is 1. The smallest absolute Gasteiger partial charge is 0.0390 e. The summed E-state index contributed by atoms with van der Waals surface area (Å²) in [4.78, 5) is 0. The summed E-state index contributed by atoms with van der Waals surface area (Å²) in [6.45, 7) is 0. The van der Waals surface area contributed by atoms with E-state index in [4.69, 9.17) is 0 Å². The average Bonchev–Trinajstić information content (AvgIpc) is 2.80. The van der Waals surface area contributed by atoms with Gasteiger partial charge in [0.25, 0.3) is 0 Å². The number of rotatable bonds is 4. The lowest BCUT2D eigenvalue weighted by atomic mass is 10.0. The Hall–Kier alpha value is -3.84. The quantitative estimate of drug-likeness (QED) is 0.338. The summed E-state index contributed by atoms with van der Waals surface area (Å²) in [6, 6.07) is 42.7. The largest absolute Gasteiger partial charge is 0.355 e. The number of benzene rings is 5. The molecule has 0 saturated heterocycles. The van der Waals surface area contributed by atoms with Crippen molar-refractivity contribution in [1.82, 2.24) is 0 Å². The summed E-state index contributed by atoms with van der Waals surface area (Å²) in [5, 5.41) is 6.03. The lowest BCUT2D eigenvalue weighted by Crippen LogP contribution is -1.91. The Kier molecular flexibility index (Phi) is 4.56. The van der Waals surface area contributed by atoms with Gasteiger partial charge in [-0.3, -0.25) is 0 Å². The monoisotopic (exact) mass is 371 g/mol. The molecular formula is C28H21N. The van der Waals surface area contributed by atoms with Crippen LogP contribution in [0.15, 0.2) is 121 Å². The molecule has 0 bridgehead atoms. The lowest BCUT2D eigenvalue weighted by Gasteiger charge is -2.11. The first-order valence-electron chi connectivity index (χ1n) is 9.87. The third kappa shape index (κ3) is 3.76. The van der Waals surface area contributed by atoms with Crippen molar-refractivity contribution in [2.45, 2.75) is 0 Å². The van der Waals surface area contributed by atoms with Crippen molar-refractivity contribution in [3.8, 4) is 22.3 Å². The van der Waals surface area contributed by atoms with Gasteiger partial charge in [0.15, 0.2) is 0 Å². The van der Waals surface area contributed by atoms with Crippen LogP contribution in [0, 0.1) is 0 Å². The normalized spacial score (nSPS) is 10.8. The molecule has 0 unspecified atom stereocenters. The standard InChI is InChI=1S/C28H21N/c1-3-8-21(9-4-1)23-12-7-13-27(19-23)29-28-17-16-25-18-24(14-15-26(25)20-28)22-10-5-2-6-11-22/h1-20,29H. The van der Waals surface area contributed by atoms with Crippen LogP contribution in [0.2, 0.25) is 0 Å². The number of nitrogens with one attached hydrogen (secondary N) is 1. The molecule has 29 heavy (non-hydrogen) atoms. The van der Waals surface area contributed by atoms with Crippen LogP contribution in [0.25, 0.3) is 33.0 Å². The Morgan fingerprint density at radius 2 is 0.897 bits per heavy atom. The predicted molar refractivity (Wildman–Crippen MR) is 125 cm³/mol. The molecule has 0 aliphatic carbocycles. The van der Waals surface area contributed by atoms with Crippen molar-refractivity contribution in [1.29, 1.82) is 0 Å². The van der Waals surface area contributed by atoms with Crippen molar-refractivity contribution >= 4 is 22.1 Å². The van der Waals surface area contributed by atoms with Gasteiger partial charge in [0.1, 0.15) is 0 Å². The van der Waals surface area contributed by atoms with Crippen molar-refractivity contribution in [3.63, 3.8) is 0 Å². The zero-order valence-corrected chi connectivity index (χ0v) is 16.0. The zero-order chi connectivity index (χ0) is 19.5. The first-order chi connectivity index (χ1) is 14.3. The Morgan fingerprint density at radius 3 is 1.62 bits per heavy atom. The number of hydrogen-bond acceptors (Lipinski definition) is 1. The molecule has 0 heterocycles. The van der Waals surface area contributed by atoms with E-state index in [1.165, 1.54) is 33.0 Å². The van der Waals surface area contributed by atoms with E-state index < -0.39 is 0 Å². The van der Waals surface area contributed by atoms with Crippen LogP contribution in [-0.4, -0.2) is 0 Å². The Morgan fingerprint density at radius 1 is 0.345 bits per heavy atom. The molecule has 0 aliphatic rings. The van der Waals surface area contributed by atoms with E-state index >= 15 is 0 Å². The summed E-state index contributed by atoms with van der Waals surface area (Å²) in [6.07, 6.45) is 0. The lowest BCUT2D eigenvalue weighted by molar-refractivity contribution is 1.55. The summed E-state index contributed by atoms with van der Waals surface area (Å²) >= 11 is 0. The average molecular weight is 371 g/mol. The number of fused-ring (bicyclic) bond motifs is 1. The summed E-state index contributed by atoms with van der Waals surface area (Å²) < 4.78 is 0. The van der Waals surface area contributed by atoms with E-state index in [-0.39, 0.29) is 0 Å². The highest BCUT2D eigenvalue weighted by molar-refractivity contribution is 5.90. The minimum absolute atomic E-state index is 1.09. The van der Waals surface area contributed by atoms with Gasteiger partial charge in [-0.15, -0.1) is 0 Å². The van der Waals surface area contributed by atoms with Gasteiger partial charge in [-0.2, -0.15) is 0 Å². The van der Waals surface area contributed by atoms with Crippen LogP contribution in [-0.2, 0) is 0 Å². The number of anilines is 2. The van der Waals surface area contributed by atoms with E-state index in [0.717, 1.165) is 11.4 Å². The van der Waals surface area contributed by atoms with Crippen LogP contribution in [0.1, 0.15) is 0 Å². The molecule has 0 radical (unpaired) electrons. The molecule has 0 fully saturated rings. The van der Waals surface area contributed by atoms with Gasteiger partial charge >= 0.3 is 0 Å². The zero-order valence-electron chi connectivity index (χ0n) is 16.0. The second-order valence-corrected chi connectivity index (χ2v) is 7.21. The fourth-order valence-corrected chi connectivity index (χ4v) is 3.71. The molecule has 0 spiro atoms. The van der Waals surface area contributed by atoms with Gasteiger partial charge in [0.2, 0.25) is 0 Å². The highest BCUT2D eigenvalue weighted by atomic mass is 14.9. The maximum atomic E-state index is 3.55. The highest BCUT2D eigenvalue weighted by Crippen LogP contribution is 2.29. The summed E-state index contributed by atoms with van der Waals surface area (Å²) in [7, 11) is 0. The fraction of sp³-hybridized carbons (Fsp3) is 0. The van der Waals surface area contributed by atoms with Crippen LogP contribution in [0.5, 0.6) is 0 Å². The SMILES string of the molecule is c1ccc(-c2cccc(Nc3ccc4cc(-c5ccccc5)ccc4c3)c2)cc1. The van der Waals surface area contributed by atoms with Crippen molar-refractivity contribution < 1.29 is 0 Å². The fourth-order valence-electron chi connectivity index (χ4n) is 3.71. The van der Waals surface area contributed by atoms with Crippen molar-refractivity contribution in [2.75, 3.05) is 5.32 Å². The second kappa shape index (κ2) is 7.65. The van der Waals surface area contributed by atoms with Gasteiger partial charge in [0.05, 0.1) is 0 Å². The first-order valence-corrected chi connectivity index (χ1v) is 9.87. The van der Waals surface area contributed by atoms with Gasteiger partial charge in [0, 0.05) is 11.4 Å². The van der Waals surface area contributed by atoms with Crippen LogP contribution >= 0.6 is 0 Å². The van der Waals surface area contributed by atoms with E-state index in [9.17, 15) is 0 Å². The van der Waals surface area contributed by atoms with Crippen molar-refractivity contribution in [2.24, 2.45) is 0 Å². The third-order valence-electron chi connectivity index (χ3n) is 5.21.